The number of phenols is 1. The molecule has 1 amide bonds. The van der Waals surface area contributed by atoms with Crippen molar-refractivity contribution in [1.82, 2.24) is 5.32 Å². The summed E-state index contributed by atoms with van der Waals surface area (Å²) in [6.45, 7) is 8.58. The SMILES string of the molecule is CC(C)c1ccc(C(NC(=O)CCc2ccccc2O)C(C)C)cc1. The molecule has 3 nitrogen and oxygen atoms in total. The van der Waals surface area contributed by atoms with Crippen molar-refractivity contribution in [3.05, 3.63) is 65.2 Å². The van der Waals surface area contributed by atoms with Gasteiger partial charge in [-0.1, -0.05) is 70.2 Å². The van der Waals surface area contributed by atoms with E-state index in [-0.39, 0.29) is 17.7 Å². The van der Waals surface area contributed by atoms with Gasteiger partial charge >= 0.3 is 0 Å². The zero-order chi connectivity index (χ0) is 18.4. The third-order valence-corrected chi connectivity index (χ3v) is 4.56. The molecule has 0 heterocycles. The molecule has 1 atom stereocenters. The molecule has 1 unspecified atom stereocenters. The molecule has 134 valence electrons. The highest BCUT2D eigenvalue weighted by Gasteiger charge is 2.18. The normalized spacial score (nSPS) is 12.4. The smallest absolute Gasteiger partial charge is 0.220 e. The molecule has 3 heteroatoms. The summed E-state index contributed by atoms with van der Waals surface area (Å²) in [6.07, 6.45) is 0.903. The van der Waals surface area contributed by atoms with Gasteiger partial charge in [0.25, 0.3) is 0 Å². The zero-order valence-electron chi connectivity index (χ0n) is 15.6. The lowest BCUT2D eigenvalue weighted by Crippen LogP contribution is -2.31. The van der Waals surface area contributed by atoms with Crippen molar-refractivity contribution in [2.24, 2.45) is 5.92 Å². The lowest BCUT2D eigenvalue weighted by atomic mass is 9.93. The van der Waals surface area contributed by atoms with Crippen molar-refractivity contribution in [2.75, 3.05) is 0 Å². The van der Waals surface area contributed by atoms with E-state index in [1.807, 2.05) is 12.1 Å². The summed E-state index contributed by atoms with van der Waals surface area (Å²) < 4.78 is 0. The second-order valence-corrected chi connectivity index (χ2v) is 7.24. The molecule has 0 bridgehead atoms. The van der Waals surface area contributed by atoms with Crippen molar-refractivity contribution in [2.45, 2.75) is 52.5 Å². The predicted molar refractivity (Wildman–Crippen MR) is 103 cm³/mol. The van der Waals surface area contributed by atoms with Crippen LogP contribution < -0.4 is 5.32 Å². The summed E-state index contributed by atoms with van der Waals surface area (Å²) in [5, 5.41) is 13.0. The highest BCUT2D eigenvalue weighted by atomic mass is 16.3. The van der Waals surface area contributed by atoms with E-state index in [1.165, 1.54) is 5.56 Å². The topological polar surface area (TPSA) is 49.3 Å². The van der Waals surface area contributed by atoms with E-state index in [0.29, 0.717) is 24.7 Å². The van der Waals surface area contributed by atoms with E-state index in [2.05, 4.69) is 57.3 Å². The van der Waals surface area contributed by atoms with Gasteiger partial charge in [0.1, 0.15) is 5.75 Å². The van der Waals surface area contributed by atoms with Gasteiger partial charge in [0.15, 0.2) is 0 Å². The number of phenolic OH excluding ortho intramolecular Hbond substituents is 1. The molecular weight excluding hydrogens is 310 g/mol. The quantitative estimate of drug-likeness (QED) is 0.749. The number of benzene rings is 2. The molecule has 2 aromatic carbocycles. The van der Waals surface area contributed by atoms with Gasteiger partial charge in [-0.15, -0.1) is 0 Å². The summed E-state index contributed by atoms with van der Waals surface area (Å²) in [4.78, 5) is 12.4. The van der Waals surface area contributed by atoms with Gasteiger partial charge < -0.3 is 10.4 Å². The molecule has 2 aromatic rings. The highest BCUT2D eigenvalue weighted by Crippen LogP contribution is 2.24. The Kier molecular flexibility index (Phi) is 6.63. The van der Waals surface area contributed by atoms with Gasteiger partial charge in [-0.2, -0.15) is 0 Å². The van der Waals surface area contributed by atoms with Gasteiger partial charge in [-0.3, -0.25) is 4.79 Å². The molecule has 0 aromatic heterocycles. The van der Waals surface area contributed by atoms with Crippen LogP contribution in [0.3, 0.4) is 0 Å². The molecular formula is C22H29NO2. The van der Waals surface area contributed by atoms with Crippen LogP contribution in [0.4, 0.5) is 0 Å². The molecule has 0 saturated heterocycles. The minimum absolute atomic E-state index is 0.00178. The maximum absolute atomic E-state index is 12.4. The summed E-state index contributed by atoms with van der Waals surface area (Å²) in [7, 11) is 0. The largest absolute Gasteiger partial charge is 0.508 e. The Hall–Kier alpha value is -2.29. The van der Waals surface area contributed by atoms with Crippen molar-refractivity contribution in [3.63, 3.8) is 0 Å². The minimum atomic E-state index is -0.00178. The average Bonchev–Trinajstić information content (AvgIpc) is 2.59. The number of nitrogens with one attached hydrogen (secondary N) is 1. The minimum Gasteiger partial charge on any atom is -0.508 e. The van der Waals surface area contributed by atoms with Crippen LogP contribution in [0.15, 0.2) is 48.5 Å². The van der Waals surface area contributed by atoms with Crippen molar-refractivity contribution in [3.8, 4) is 5.75 Å². The van der Waals surface area contributed by atoms with Gasteiger partial charge in [0.2, 0.25) is 5.91 Å². The Morgan fingerprint density at radius 2 is 1.56 bits per heavy atom. The highest BCUT2D eigenvalue weighted by molar-refractivity contribution is 5.76. The predicted octanol–water partition coefficient (Wildman–Crippen LogP) is 4.96. The Morgan fingerprint density at radius 3 is 2.12 bits per heavy atom. The molecule has 0 radical (unpaired) electrons. The van der Waals surface area contributed by atoms with Crippen LogP contribution in [0.25, 0.3) is 0 Å². The number of aryl methyl sites for hydroxylation is 1. The van der Waals surface area contributed by atoms with Crippen LogP contribution in [0.2, 0.25) is 0 Å². The molecule has 0 fully saturated rings. The first-order valence-corrected chi connectivity index (χ1v) is 9.04. The van der Waals surface area contributed by atoms with Crippen LogP contribution in [0, 0.1) is 5.92 Å². The molecule has 2 rings (SSSR count). The van der Waals surface area contributed by atoms with Gasteiger partial charge in [-0.05, 0) is 41.0 Å². The second kappa shape index (κ2) is 8.70. The number of carbonyl (C=O) groups is 1. The number of rotatable bonds is 7. The van der Waals surface area contributed by atoms with E-state index >= 15 is 0 Å². The maximum Gasteiger partial charge on any atom is 0.220 e. The Labute approximate surface area is 151 Å². The fourth-order valence-electron chi connectivity index (χ4n) is 2.94. The van der Waals surface area contributed by atoms with E-state index < -0.39 is 0 Å². The molecule has 0 aliphatic carbocycles. The first-order valence-electron chi connectivity index (χ1n) is 9.04. The number of amides is 1. The number of para-hydroxylation sites is 1. The summed E-state index contributed by atoms with van der Waals surface area (Å²) in [6, 6.07) is 15.7. The number of carbonyl (C=O) groups excluding carboxylic acids is 1. The fourth-order valence-corrected chi connectivity index (χ4v) is 2.94. The van der Waals surface area contributed by atoms with Crippen molar-refractivity contribution in [1.29, 1.82) is 0 Å². The van der Waals surface area contributed by atoms with Crippen LogP contribution >= 0.6 is 0 Å². The first kappa shape index (κ1) is 19.0. The van der Waals surface area contributed by atoms with Gasteiger partial charge in [-0.25, -0.2) is 0 Å². The monoisotopic (exact) mass is 339 g/mol. The van der Waals surface area contributed by atoms with Crippen LogP contribution in [-0.4, -0.2) is 11.0 Å². The molecule has 0 aliphatic heterocycles. The Bertz CT molecular complexity index is 689. The molecule has 2 N–H and O–H groups in total. The van der Waals surface area contributed by atoms with Gasteiger partial charge in [0.05, 0.1) is 6.04 Å². The molecule has 25 heavy (non-hydrogen) atoms. The Balaban J connectivity index is 2.01. The van der Waals surface area contributed by atoms with Crippen molar-refractivity contribution < 1.29 is 9.90 Å². The van der Waals surface area contributed by atoms with E-state index in [4.69, 9.17) is 0 Å². The molecule has 0 aliphatic rings. The summed E-state index contributed by atoms with van der Waals surface area (Å²) in [5.41, 5.74) is 3.24. The maximum atomic E-state index is 12.4. The van der Waals surface area contributed by atoms with E-state index in [9.17, 15) is 9.90 Å². The lowest BCUT2D eigenvalue weighted by molar-refractivity contribution is -0.122. The molecule has 0 spiro atoms. The number of hydrogen-bond donors (Lipinski definition) is 2. The lowest BCUT2D eigenvalue weighted by Gasteiger charge is -2.23. The van der Waals surface area contributed by atoms with Crippen LogP contribution in [0.1, 0.15) is 62.8 Å². The zero-order valence-corrected chi connectivity index (χ0v) is 15.6. The third kappa shape index (κ3) is 5.35. The number of aromatic hydroxyl groups is 1. The fraction of sp³-hybridized carbons (Fsp3) is 0.409. The van der Waals surface area contributed by atoms with Gasteiger partial charge in [0, 0.05) is 6.42 Å². The average molecular weight is 339 g/mol. The molecule has 0 saturated carbocycles. The second-order valence-electron chi connectivity index (χ2n) is 7.24. The first-order chi connectivity index (χ1) is 11.9. The van der Waals surface area contributed by atoms with Crippen molar-refractivity contribution >= 4 is 5.91 Å². The standard InChI is InChI=1S/C22H29NO2/c1-15(2)17-9-11-19(12-10-17)22(16(3)4)23-21(25)14-13-18-7-5-6-8-20(18)24/h5-12,15-16,22,24H,13-14H2,1-4H3,(H,23,25). The van der Waals surface area contributed by atoms with Crippen LogP contribution in [-0.2, 0) is 11.2 Å². The van der Waals surface area contributed by atoms with Crippen LogP contribution in [0.5, 0.6) is 5.75 Å². The summed E-state index contributed by atoms with van der Waals surface area (Å²) >= 11 is 0. The van der Waals surface area contributed by atoms with E-state index in [0.717, 1.165) is 11.1 Å². The Morgan fingerprint density at radius 1 is 0.960 bits per heavy atom. The van der Waals surface area contributed by atoms with E-state index in [1.54, 1.807) is 12.1 Å². The third-order valence-electron chi connectivity index (χ3n) is 4.56. The number of hydrogen-bond acceptors (Lipinski definition) is 2. The summed E-state index contributed by atoms with van der Waals surface area (Å²) in [5.74, 6) is 1.06.